The highest BCUT2D eigenvalue weighted by atomic mass is 16.6. The lowest BCUT2D eigenvalue weighted by Crippen LogP contribution is -2.38. The number of aryl methyl sites for hydroxylation is 1. The molecule has 0 radical (unpaired) electrons. The molecule has 7 heteroatoms. The van der Waals surface area contributed by atoms with E-state index in [-0.39, 0.29) is 24.5 Å². The number of benzene rings is 2. The molecule has 0 saturated carbocycles. The van der Waals surface area contributed by atoms with Crippen molar-refractivity contribution in [2.24, 2.45) is 0 Å². The molecule has 0 bridgehead atoms. The SMILES string of the molecule is CCCC(NC(=O)C(C)OC(=O)COc1ccc2c(c1)CCC(=O)N2)c1ccccc1. The summed E-state index contributed by atoms with van der Waals surface area (Å²) in [5.41, 5.74) is 2.74. The second kappa shape index (κ2) is 10.6. The lowest BCUT2D eigenvalue weighted by atomic mass is 10.0. The third-order valence-electron chi connectivity index (χ3n) is 5.10. The van der Waals surface area contributed by atoms with Gasteiger partial charge in [-0.3, -0.25) is 9.59 Å². The smallest absolute Gasteiger partial charge is 0.344 e. The van der Waals surface area contributed by atoms with E-state index in [1.54, 1.807) is 25.1 Å². The molecule has 0 saturated heterocycles. The minimum absolute atomic E-state index is 0.00884. The van der Waals surface area contributed by atoms with Crippen LogP contribution in [-0.2, 0) is 25.5 Å². The molecule has 0 aromatic heterocycles. The Bertz CT molecular complexity index is 929. The van der Waals surface area contributed by atoms with Gasteiger partial charge in [-0.25, -0.2) is 4.79 Å². The van der Waals surface area contributed by atoms with Gasteiger partial charge in [0.1, 0.15) is 5.75 Å². The minimum atomic E-state index is -0.932. The standard InChI is InChI=1S/C24H28N2O5/c1-3-7-20(17-8-5-4-6-9-17)26-24(29)16(2)31-23(28)15-30-19-11-12-21-18(14-19)10-13-22(27)25-21/h4-6,8-9,11-12,14,16,20H,3,7,10,13,15H2,1-2H3,(H,25,27)(H,26,29). The molecule has 2 aromatic rings. The molecule has 2 aromatic carbocycles. The summed E-state index contributed by atoms with van der Waals surface area (Å²) in [4.78, 5) is 36.1. The zero-order valence-corrected chi connectivity index (χ0v) is 17.9. The van der Waals surface area contributed by atoms with Crippen LogP contribution in [0.3, 0.4) is 0 Å². The highest BCUT2D eigenvalue weighted by Gasteiger charge is 2.22. The Morgan fingerprint density at radius 1 is 1.13 bits per heavy atom. The molecular weight excluding hydrogens is 396 g/mol. The van der Waals surface area contributed by atoms with Crippen molar-refractivity contribution >= 4 is 23.5 Å². The predicted octanol–water partition coefficient (Wildman–Crippen LogP) is 3.54. The zero-order valence-electron chi connectivity index (χ0n) is 17.9. The van der Waals surface area contributed by atoms with E-state index in [2.05, 4.69) is 17.6 Å². The molecule has 7 nitrogen and oxygen atoms in total. The number of ether oxygens (including phenoxy) is 2. The van der Waals surface area contributed by atoms with Crippen molar-refractivity contribution in [2.45, 2.75) is 51.7 Å². The topological polar surface area (TPSA) is 93.7 Å². The average Bonchev–Trinajstić information content (AvgIpc) is 2.77. The molecule has 1 aliphatic rings. The average molecular weight is 424 g/mol. The molecule has 0 spiro atoms. The lowest BCUT2D eigenvalue weighted by molar-refractivity contribution is -0.156. The van der Waals surface area contributed by atoms with E-state index in [1.165, 1.54) is 0 Å². The van der Waals surface area contributed by atoms with Gasteiger partial charge in [0.15, 0.2) is 12.7 Å². The number of fused-ring (bicyclic) bond motifs is 1. The van der Waals surface area contributed by atoms with Crippen molar-refractivity contribution in [3.63, 3.8) is 0 Å². The normalized spacial score (nSPS) is 14.6. The van der Waals surface area contributed by atoms with Crippen LogP contribution in [0.25, 0.3) is 0 Å². The summed E-state index contributed by atoms with van der Waals surface area (Å²) in [7, 11) is 0. The van der Waals surface area contributed by atoms with Crippen molar-refractivity contribution in [2.75, 3.05) is 11.9 Å². The summed E-state index contributed by atoms with van der Waals surface area (Å²) in [5, 5.41) is 5.76. The fraction of sp³-hybridized carbons (Fsp3) is 0.375. The van der Waals surface area contributed by atoms with Gasteiger partial charge in [0.25, 0.3) is 5.91 Å². The maximum Gasteiger partial charge on any atom is 0.344 e. The number of hydrogen-bond donors (Lipinski definition) is 2. The van der Waals surface area contributed by atoms with Gasteiger partial charge in [0, 0.05) is 12.1 Å². The first-order valence-electron chi connectivity index (χ1n) is 10.6. The number of anilines is 1. The van der Waals surface area contributed by atoms with Crippen LogP contribution in [-0.4, -0.2) is 30.5 Å². The summed E-state index contributed by atoms with van der Waals surface area (Å²) in [6.45, 7) is 3.29. The molecule has 3 rings (SSSR count). The lowest BCUT2D eigenvalue weighted by Gasteiger charge is -2.21. The van der Waals surface area contributed by atoms with Crippen LogP contribution < -0.4 is 15.4 Å². The Hall–Kier alpha value is -3.35. The number of esters is 1. The molecule has 2 N–H and O–H groups in total. The van der Waals surface area contributed by atoms with Crippen molar-refractivity contribution in [3.8, 4) is 5.75 Å². The molecule has 31 heavy (non-hydrogen) atoms. The maximum absolute atomic E-state index is 12.5. The van der Waals surface area contributed by atoms with Crippen LogP contribution in [0.1, 0.15) is 50.3 Å². The Labute approximate surface area is 182 Å². The first-order valence-corrected chi connectivity index (χ1v) is 10.6. The van der Waals surface area contributed by atoms with E-state index >= 15 is 0 Å². The van der Waals surface area contributed by atoms with Gasteiger partial charge in [-0.15, -0.1) is 0 Å². The number of carbonyl (C=O) groups excluding carboxylic acids is 3. The number of rotatable bonds is 9. The second-order valence-electron chi connectivity index (χ2n) is 7.55. The Balaban J connectivity index is 1.49. The first-order chi connectivity index (χ1) is 15.0. The van der Waals surface area contributed by atoms with Gasteiger partial charge in [-0.2, -0.15) is 0 Å². The molecule has 2 atom stereocenters. The second-order valence-corrected chi connectivity index (χ2v) is 7.55. The van der Waals surface area contributed by atoms with Gasteiger partial charge in [-0.05, 0) is 49.1 Å². The molecule has 0 fully saturated rings. The molecule has 1 aliphatic heterocycles. The molecule has 2 amide bonds. The van der Waals surface area contributed by atoms with Crippen molar-refractivity contribution in [1.82, 2.24) is 5.32 Å². The van der Waals surface area contributed by atoms with Gasteiger partial charge in [0.2, 0.25) is 5.91 Å². The van der Waals surface area contributed by atoms with Crippen LogP contribution >= 0.6 is 0 Å². The number of carbonyl (C=O) groups is 3. The molecular formula is C24H28N2O5. The summed E-state index contributed by atoms with van der Waals surface area (Å²) in [5.74, 6) is -0.470. The van der Waals surface area contributed by atoms with E-state index < -0.39 is 12.1 Å². The molecule has 1 heterocycles. The highest BCUT2D eigenvalue weighted by Crippen LogP contribution is 2.26. The molecule has 0 aliphatic carbocycles. The fourth-order valence-electron chi connectivity index (χ4n) is 3.46. The van der Waals surface area contributed by atoms with Crippen molar-refractivity contribution in [3.05, 3.63) is 59.7 Å². The molecule has 164 valence electrons. The van der Waals surface area contributed by atoms with E-state index in [0.29, 0.717) is 18.6 Å². The highest BCUT2D eigenvalue weighted by molar-refractivity contribution is 5.94. The largest absolute Gasteiger partial charge is 0.482 e. The van der Waals surface area contributed by atoms with Crippen LogP contribution in [0.2, 0.25) is 0 Å². The summed E-state index contributed by atoms with van der Waals surface area (Å²) in [6.07, 6.45) is 1.82. The van der Waals surface area contributed by atoms with Crippen LogP contribution in [0.4, 0.5) is 5.69 Å². The Kier molecular flexibility index (Phi) is 7.65. The number of nitrogens with one attached hydrogen (secondary N) is 2. The third kappa shape index (κ3) is 6.31. The van der Waals surface area contributed by atoms with Crippen LogP contribution in [0.15, 0.2) is 48.5 Å². The van der Waals surface area contributed by atoms with Crippen LogP contribution in [0.5, 0.6) is 5.75 Å². The van der Waals surface area contributed by atoms with Gasteiger partial charge >= 0.3 is 5.97 Å². The quantitative estimate of drug-likeness (QED) is 0.601. The molecule has 2 unspecified atom stereocenters. The van der Waals surface area contributed by atoms with Gasteiger partial charge in [0.05, 0.1) is 6.04 Å². The van der Waals surface area contributed by atoms with Gasteiger partial charge in [-0.1, -0.05) is 43.7 Å². The summed E-state index contributed by atoms with van der Waals surface area (Å²) < 4.78 is 10.8. The fourth-order valence-corrected chi connectivity index (χ4v) is 3.46. The van der Waals surface area contributed by atoms with Gasteiger partial charge < -0.3 is 20.1 Å². The van der Waals surface area contributed by atoms with E-state index in [9.17, 15) is 14.4 Å². The van der Waals surface area contributed by atoms with E-state index in [0.717, 1.165) is 29.7 Å². The van der Waals surface area contributed by atoms with E-state index in [1.807, 2.05) is 30.3 Å². The zero-order chi connectivity index (χ0) is 22.2. The van der Waals surface area contributed by atoms with Crippen molar-refractivity contribution < 1.29 is 23.9 Å². The maximum atomic E-state index is 12.5. The Morgan fingerprint density at radius 3 is 2.65 bits per heavy atom. The monoisotopic (exact) mass is 424 g/mol. The number of hydrogen-bond acceptors (Lipinski definition) is 5. The number of amides is 2. The van der Waals surface area contributed by atoms with E-state index in [4.69, 9.17) is 9.47 Å². The first kappa shape index (κ1) is 22.3. The third-order valence-corrected chi connectivity index (χ3v) is 5.10. The Morgan fingerprint density at radius 2 is 1.90 bits per heavy atom. The summed E-state index contributed by atoms with van der Waals surface area (Å²) >= 11 is 0. The summed E-state index contributed by atoms with van der Waals surface area (Å²) in [6, 6.07) is 14.8. The van der Waals surface area contributed by atoms with Crippen molar-refractivity contribution in [1.29, 1.82) is 0 Å². The predicted molar refractivity (Wildman–Crippen MR) is 117 cm³/mol. The van der Waals surface area contributed by atoms with Crippen LogP contribution in [0, 0.1) is 0 Å². The minimum Gasteiger partial charge on any atom is -0.482 e.